The van der Waals surface area contributed by atoms with Crippen LogP contribution in [0.4, 0.5) is 0 Å². The van der Waals surface area contributed by atoms with Gasteiger partial charge in [0.05, 0.1) is 25.2 Å². The molecule has 25 heteroatoms. The van der Waals surface area contributed by atoms with Crippen molar-refractivity contribution in [3.05, 3.63) is 177 Å². The van der Waals surface area contributed by atoms with E-state index in [9.17, 15) is 63.3 Å². The molecule has 0 saturated heterocycles. The average molecular weight is 1180 g/mol. The van der Waals surface area contributed by atoms with Crippen LogP contribution < -0.4 is 28.7 Å². The molecule has 0 aliphatic heterocycles. The number of nitrogens with two attached hydrogens (primary N) is 5. The van der Waals surface area contributed by atoms with Crippen LogP contribution in [0.15, 0.2) is 121 Å². The van der Waals surface area contributed by atoms with Crippen molar-refractivity contribution >= 4 is 59.7 Å². The lowest BCUT2D eigenvalue weighted by atomic mass is 9.83. The second kappa shape index (κ2) is 26.5. The molecule has 0 spiro atoms. The van der Waals surface area contributed by atoms with Crippen molar-refractivity contribution in [3.63, 3.8) is 0 Å². The standard InChI is InChI=1S/C13H15NO4.3C12H13NO4.C11H11NO4/c14-12(13(17)18)10-5-7-3-1-2-4-8(7)9(10)6-11(15)16;2*13-12(11(16)17)6-7-3-1-2-4-8(7)9(12)5-10(14)15;13-10(12(16)17)8-5-6-3-1-2-4-7(6)9(8)11(14)15;12-11(10(15)16)5-6-3-1-2-4-7(6)8(11)9(13)14/h1-4,9-10,12H,5-6,14H2,(H,15,16)(H,17,18);2*1-4,9H,5-6,13H2,(H,14,15)(H,16,17);1-4,8-10H,5,13H2,(H,14,15)(H,16,17);1-4,8H,5,12H2,(H,13,14)(H,15,16)/t;9-,12+;9-,12-;;/m.11../s1. The predicted octanol–water partition coefficient (Wildman–Crippen LogP) is 2.63. The van der Waals surface area contributed by atoms with Crippen molar-refractivity contribution in [2.45, 2.75) is 110 Å². The minimum Gasteiger partial charge on any atom is -0.481 e. The van der Waals surface area contributed by atoms with E-state index in [1.807, 2.05) is 36.4 Å². The summed E-state index contributed by atoms with van der Waals surface area (Å²) in [5.41, 5.74) is 31.8. The summed E-state index contributed by atoms with van der Waals surface area (Å²) >= 11 is 0. The summed E-state index contributed by atoms with van der Waals surface area (Å²) < 4.78 is 0. The van der Waals surface area contributed by atoms with Crippen molar-refractivity contribution in [1.29, 1.82) is 0 Å². The molecule has 450 valence electrons. The number of rotatable bonds is 15. The van der Waals surface area contributed by atoms with E-state index in [2.05, 4.69) is 0 Å². The third kappa shape index (κ3) is 13.8. The fourth-order valence-corrected chi connectivity index (χ4v) is 12.3. The number of benzene rings is 5. The minimum atomic E-state index is -1.74. The highest BCUT2D eigenvalue weighted by atomic mass is 16.4. The largest absolute Gasteiger partial charge is 0.481 e. The smallest absolute Gasteiger partial charge is 0.325 e. The molecule has 10 rings (SSSR count). The van der Waals surface area contributed by atoms with Crippen LogP contribution in [0.25, 0.3) is 0 Å². The van der Waals surface area contributed by atoms with Crippen LogP contribution in [0, 0.1) is 11.8 Å². The molecule has 5 aromatic rings. The molecule has 0 fully saturated rings. The Morgan fingerprint density at radius 2 is 0.706 bits per heavy atom. The summed E-state index contributed by atoms with van der Waals surface area (Å²) in [6.45, 7) is 0. The lowest BCUT2D eigenvalue weighted by Gasteiger charge is -2.26. The zero-order chi connectivity index (χ0) is 63.0. The van der Waals surface area contributed by atoms with Gasteiger partial charge in [0.15, 0.2) is 0 Å². The summed E-state index contributed by atoms with van der Waals surface area (Å²) in [7, 11) is 0. The van der Waals surface area contributed by atoms with Gasteiger partial charge in [0.25, 0.3) is 0 Å². The van der Waals surface area contributed by atoms with E-state index in [1.54, 1.807) is 84.9 Å². The highest BCUT2D eigenvalue weighted by Crippen LogP contribution is 2.45. The molecule has 0 radical (unpaired) electrons. The molecule has 0 aromatic heterocycles. The van der Waals surface area contributed by atoms with Gasteiger partial charge in [0.2, 0.25) is 0 Å². The number of carbonyl (C=O) groups is 10. The summed E-state index contributed by atoms with van der Waals surface area (Å²) in [6, 6.07) is 33.4. The van der Waals surface area contributed by atoms with E-state index in [1.165, 1.54) is 0 Å². The van der Waals surface area contributed by atoms with Crippen LogP contribution in [0.3, 0.4) is 0 Å². The Morgan fingerprint density at radius 1 is 0.388 bits per heavy atom. The van der Waals surface area contributed by atoms with Crippen LogP contribution in [0.5, 0.6) is 0 Å². The van der Waals surface area contributed by atoms with E-state index >= 15 is 0 Å². The Balaban J connectivity index is 0.000000170. The molecule has 20 N–H and O–H groups in total. The Morgan fingerprint density at radius 3 is 1.08 bits per heavy atom. The number of hydrogen-bond donors (Lipinski definition) is 15. The summed E-state index contributed by atoms with van der Waals surface area (Å²) in [6.07, 6.45) is 0.729. The number of fused-ring (bicyclic) bond motifs is 5. The van der Waals surface area contributed by atoms with Crippen LogP contribution in [-0.2, 0) is 80.0 Å². The fourth-order valence-electron chi connectivity index (χ4n) is 12.3. The van der Waals surface area contributed by atoms with E-state index in [-0.39, 0.29) is 50.4 Å². The van der Waals surface area contributed by atoms with Crippen molar-refractivity contribution in [3.8, 4) is 0 Å². The number of aliphatic carboxylic acids is 10. The zero-order valence-electron chi connectivity index (χ0n) is 45.3. The van der Waals surface area contributed by atoms with Crippen LogP contribution >= 0.6 is 0 Å². The molecule has 0 amide bonds. The first-order chi connectivity index (χ1) is 39.9. The third-order valence-corrected chi connectivity index (χ3v) is 16.5. The maximum atomic E-state index is 11.3. The normalized spacial score (nSPS) is 25.5. The van der Waals surface area contributed by atoms with Gasteiger partial charge in [-0.05, 0) is 80.3 Å². The Labute approximate surface area is 484 Å². The van der Waals surface area contributed by atoms with E-state index in [0.717, 1.165) is 38.9 Å². The Hall–Kier alpha value is -9.40. The topological polar surface area (TPSA) is 503 Å². The van der Waals surface area contributed by atoms with Crippen molar-refractivity contribution < 1.29 is 99.0 Å². The molecule has 0 heterocycles. The lowest BCUT2D eigenvalue weighted by Crippen LogP contribution is -2.53. The van der Waals surface area contributed by atoms with Gasteiger partial charge in [-0.2, -0.15) is 0 Å². The summed E-state index contributed by atoms with van der Waals surface area (Å²) in [4.78, 5) is 110. The van der Waals surface area contributed by atoms with E-state index in [4.69, 9.17) is 64.4 Å². The van der Waals surface area contributed by atoms with Crippen LogP contribution in [0.1, 0.15) is 104 Å². The fraction of sp³-hybridized carbons (Fsp3) is 0.333. The molecular formula is C60H65N5O20. The number of hydrogen-bond acceptors (Lipinski definition) is 15. The third-order valence-electron chi connectivity index (χ3n) is 16.5. The molecule has 12 atom stereocenters. The van der Waals surface area contributed by atoms with Crippen LogP contribution in [-0.4, -0.2) is 139 Å². The number of carboxylic acid groups (broad SMARTS) is 10. The van der Waals surface area contributed by atoms with Crippen LogP contribution in [0.2, 0.25) is 0 Å². The van der Waals surface area contributed by atoms with E-state index in [0.29, 0.717) is 29.5 Å². The van der Waals surface area contributed by atoms with Crippen molar-refractivity contribution in [2.24, 2.45) is 40.5 Å². The van der Waals surface area contributed by atoms with Gasteiger partial charge < -0.3 is 79.7 Å². The maximum Gasteiger partial charge on any atom is 0.325 e. The highest BCUT2D eigenvalue weighted by molar-refractivity contribution is 5.93. The molecule has 25 nitrogen and oxygen atoms in total. The summed E-state index contributed by atoms with van der Waals surface area (Å²) in [5, 5.41) is 90.4. The van der Waals surface area contributed by atoms with Gasteiger partial charge in [0.1, 0.15) is 34.6 Å². The number of carboxylic acids is 10. The average Bonchev–Trinajstić information content (AvgIpc) is 4.20. The second-order valence-corrected chi connectivity index (χ2v) is 21.6. The monoisotopic (exact) mass is 1180 g/mol. The first kappa shape index (κ1) is 64.8. The van der Waals surface area contributed by atoms with Gasteiger partial charge in [0, 0.05) is 37.0 Å². The van der Waals surface area contributed by atoms with Gasteiger partial charge in [-0.3, -0.25) is 47.9 Å². The molecule has 5 aliphatic rings. The SMILES string of the molecule is NC(C(=O)O)C1Cc2ccccc2C1C(=O)O.NC(C(=O)O)C1Cc2ccccc2C1CC(=O)O.NC1(C(=O)O)Cc2ccccc2C1C(=O)O.N[C@@]1(C(=O)O)Cc2ccccc2[C@H]1CC(=O)O.N[C@]1(C(=O)O)Cc2ccccc2[C@H]1CC(=O)O. The molecule has 5 aromatic carbocycles. The molecule has 85 heavy (non-hydrogen) atoms. The van der Waals surface area contributed by atoms with Crippen molar-refractivity contribution in [2.75, 3.05) is 0 Å². The lowest BCUT2D eigenvalue weighted by molar-refractivity contribution is -0.151. The first-order valence-corrected chi connectivity index (χ1v) is 26.4. The quantitative estimate of drug-likeness (QED) is 0.0716. The predicted molar refractivity (Wildman–Crippen MR) is 298 cm³/mol. The van der Waals surface area contributed by atoms with Gasteiger partial charge in [-0.15, -0.1) is 0 Å². The molecular weight excluding hydrogens is 1110 g/mol. The van der Waals surface area contributed by atoms with E-state index < -0.39 is 118 Å². The van der Waals surface area contributed by atoms with Gasteiger partial charge in [-0.1, -0.05) is 121 Å². The minimum absolute atomic E-state index is 0.0511. The zero-order valence-corrected chi connectivity index (χ0v) is 45.3. The Kier molecular flexibility index (Phi) is 20.2. The maximum absolute atomic E-state index is 11.3. The first-order valence-electron chi connectivity index (χ1n) is 26.4. The molecule has 0 bridgehead atoms. The second-order valence-electron chi connectivity index (χ2n) is 21.6. The molecule has 5 aliphatic carbocycles. The highest BCUT2D eigenvalue weighted by Gasteiger charge is 2.54. The Bertz CT molecular complexity index is 3340. The van der Waals surface area contributed by atoms with Gasteiger partial charge >= 0.3 is 59.7 Å². The summed E-state index contributed by atoms with van der Waals surface area (Å²) in [5.74, 6) is -15.6. The molecule has 8 unspecified atom stereocenters. The molecule has 0 saturated carbocycles. The van der Waals surface area contributed by atoms with Crippen molar-refractivity contribution in [1.82, 2.24) is 0 Å². The van der Waals surface area contributed by atoms with Gasteiger partial charge in [-0.25, -0.2) is 0 Å².